The molecule has 0 spiro atoms. The second kappa shape index (κ2) is 7.55. The SMILES string of the molecule is c1ccc(-n2c3ccccc3c3cc4c(cc32)Cc2cc3c(cc2-4)c2ncccc2n2c4ncccc4nc32)cc1. The number of hydrogen-bond donors (Lipinski definition) is 0. The molecule has 1 aliphatic rings. The number of para-hydroxylation sites is 2. The third-order valence-corrected chi connectivity index (χ3v) is 8.77. The topological polar surface area (TPSA) is 48.0 Å². The van der Waals surface area contributed by atoms with E-state index in [1.165, 1.54) is 49.7 Å². The molecule has 0 saturated heterocycles. The van der Waals surface area contributed by atoms with Crippen molar-refractivity contribution in [3.8, 4) is 16.8 Å². The molecule has 0 radical (unpaired) electrons. The Balaban J connectivity index is 1.30. The molecule has 10 rings (SSSR count). The van der Waals surface area contributed by atoms with Crippen molar-refractivity contribution < 1.29 is 0 Å². The molecule has 5 nitrogen and oxygen atoms in total. The maximum atomic E-state index is 5.05. The fraction of sp³-hybridized carbons (Fsp3) is 0.0278. The van der Waals surface area contributed by atoms with Crippen LogP contribution in [0.15, 0.2) is 116 Å². The van der Waals surface area contributed by atoms with Gasteiger partial charge in [-0.25, -0.2) is 9.97 Å². The van der Waals surface area contributed by atoms with Gasteiger partial charge in [0, 0.05) is 39.6 Å². The summed E-state index contributed by atoms with van der Waals surface area (Å²) in [5.74, 6) is 0. The third kappa shape index (κ3) is 2.72. The van der Waals surface area contributed by atoms with Crippen LogP contribution in [0, 0.1) is 0 Å². The molecule has 0 amide bonds. The highest BCUT2D eigenvalue weighted by atomic mass is 15.1. The van der Waals surface area contributed by atoms with E-state index in [1.54, 1.807) is 0 Å². The lowest BCUT2D eigenvalue weighted by Gasteiger charge is -2.10. The van der Waals surface area contributed by atoms with E-state index < -0.39 is 0 Å². The molecule has 0 N–H and O–H groups in total. The van der Waals surface area contributed by atoms with Crippen LogP contribution < -0.4 is 0 Å². The molecular formula is C36H21N5. The molecule has 1 aliphatic carbocycles. The summed E-state index contributed by atoms with van der Waals surface area (Å²) in [6, 6.07) is 37.0. The van der Waals surface area contributed by atoms with E-state index in [9.17, 15) is 0 Å². The summed E-state index contributed by atoms with van der Waals surface area (Å²) in [4.78, 5) is 14.6. The van der Waals surface area contributed by atoms with Crippen molar-refractivity contribution in [3.63, 3.8) is 0 Å². The molecule has 190 valence electrons. The van der Waals surface area contributed by atoms with Gasteiger partial charge >= 0.3 is 0 Å². The molecule has 0 saturated carbocycles. The fourth-order valence-corrected chi connectivity index (χ4v) is 7.04. The molecule has 0 atom stereocenters. The van der Waals surface area contributed by atoms with Crippen LogP contribution in [0.3, 0.4) is 0 Å². The van der Waals surface area contributed by atoms with Crippen LogP contribution in [0.5, 0.6) is 0 Å². The average Bonchev–Trinajstić information content (AvgIpc) is 3.69. The lowest BCUT2D eigenvalue weighted by Crippen LogP contribution is -1.95. The van der Waals surface area contributed by atoms with E-state index in [4.69, 9.17) is 9.97 Å². The van der Waals surface area contributed by atoms with Crippen molar-refractivity contribution in [2.45, 2.75) is 6.42 Å². The Morgan fingerprint density at radius 1 is 0.537 bits per heavy atom. The van der Waals surface area contributed by atoms with Crippen LogP contribution in [0.2, 0.25) is 0 Å². The van der Waals surface area contributed by atoms with Crippen LogP contribution in [0.1, 0.15) is 11.1 Å². The molecule has 5 heteroatoms. The van der Waals surface area contributed by atoms with Crippen LogP contribution in [0.25, 0.3) is 77.2 Å². The smallest absolute Gasteiger partial charge is 0.165 e. The summed E-state index contributed by atoms with van der Waals surface area (Å²) in [5, 5.41) is 4.79. The summed E-state index contributed by atoms with van der Waals surface area (Å²) in [6.07, 6.45) is 4.60. The molecule has 4 aromatic carbocycles. The second-order valence-electron chi connectivity index (χ2n) is 10.9. The Labute approximate surface area is 234 Å². The van der Waals surface area contributed by atoms with E-state index in [1.807, 2.05) is 30.6 Å². The minimum absolute atomic E-state index is 0.863. The van der Waals surface area contributed by atoms with Gasteiger partial charge in [0.05, 0.1) is 22.1 Å². The first-order chi connectivity index (χ1) is 20.3. The van der Waals surface area contributed by atoms with E-state index >= 15 is 0 Å². The van der Waals surface area contributed by atoms with Gasteiger partial charge in [0.15, 0.2) is 5.65 Å². The Morgan fingerprint density at radius 2 is 1.29 bits per heavy atom. The van der Waals surface area contributed by atoms with Gasteiger partial charge in [-0.2, -0.15) is 0 Å². The van der Waals surface area contributed by atoms with Gasteiger partial charge in [-0.3, -0.25) is 9.38 Å². The predicted molar refractivity (Wildman–Crippen MR) is 166 cm³/mol. The van der Waals surface area contributed by atoms with Gasteiger partial charge in [-0.05, 0) is 95.4 Å². The van der Waals surface area contributed by atoms with Crippen LogP contribution in [-0.2, 0) is 6.42 Å². The molecular weight excluding hydrogens is 502 g/mol. The lowest BCUT2D eigenvalue weighted by molar-refractivity contribution is 1.17. The van der Waals surface area contributed by atoms with Crippen LogP contribution >= 0.6 is 0 Å². The number of nitrogens with zero attached hydrogens (tertiary/aromatic N) is 5. The number of aromatic nitrogens is 5. The van der Waals surface area contributed by atoms with E-state index in [0.29, 0.717) is 0 Å². The highest BCUT2D eigenvalue weighted by Crippen LogP contribution is 2.45. The molecule has 9 aromatic rings. The van der Waals surface area contributed by atoms with Gasteiger partial charge in [-0.1, -0.05) is 36.4 Å². The summed E-state index contributed by atoms with van der Waals surface area (Å²) in [5.41, 5.74) is 13.6. The Kier molecular flexibility index (Phi) is 3.92. The van der Waals surface area contributed by atoms with Gasteiger partial charge in [0.1, 0.15) is 11.2 Å². The molecule has 0 bridgehead atoms. The lowest BCUT2D eigenvalue weighted by atomic mass is 9.99. The Bertz CT molecular complexity index is 2550. The summed E-state index contributed by atoms with van der Waals surface area (Å²) >= 11 is 0. The summed E-state index contributed by atoms with van der Waals surface area (Å²) < 4.78 is 4.56. The number of fused-ring (bicyclic) bond motifs is 14. The van der Waals surface area contributed by atoms with Gasteiger partial charge in [0.25, 0.3) is 0 Å². The van der Waals surface area contributed by atoms with Crippen molar-refractivity contribution >= 4 is 60.4 Å². The summed E-state index contributed by atoms with van der Waals surface area (Å²) in [6.45, 7) is 0. The van der Waals surface area contributed by atoms with Crippen molar-refractivity contribution in [1.82, 2.24) is 23.9 Å². The van der Waals surface area contributed by atoms with Crippen molar-refractivity contribution in [2.75, 3.05) is 0 Å². The van der Waals surface area contributed by atoms with E-state index in [0.717, 1.165) is 45.0 Å². The van der Waals surface area contributed by atoms with Crippen molar-refractivity contribution in [2.24, 2.45) is 0 Å². The van der Waals surface area contributed by atoms with Crippen molar-refractivity contribution in [3.05, 3.63) is 127 Å². The first-order valence-electron chi connectivity index (χ1n) is 13.9. The van der Waals surface area contributed by atoms with Gasteiger partial charge in [-0.15, -0.1) is 0 Å². The highest BCUT2D eigenvalue weighted by molar-refractivity contribution is 6.15. The predicted octanol–water partition coefficient (Wildman–Crippen LogP) is 8.25. The monoisotopic (exact) mass is 523 g/mol. The molecule has 5 aromatic heterocycles. The van der Waals surface area contributed by atoms with Gasteiger partial charge in [0.2, 0.25) is 0 Å². The van der Waals surface area contributed by atoms with Crippen molar-refractivity contribution in [1.29, 1.82) is 0 Å². The Hall–Kier alpha value is -5.55. The van der Waals surface area contributed by atoms with Gasteiger partial charge < -0.3 is 4.57 Å². The first kappa shape index (κ1) is 21.3. The standard InChI is InChI=1S/C36H21N5/c1-2-8-23(9-3-1)40-31-12-5-4-10-24(31)27-19-25-22(18-33(27)40)16-21-17-29-28(20-26(21)25)34-32(13-7-14-37-34)41-35(29)39-30-11-6-15-38-36(30)41/h1-15,17-20H,16H2. The molecule has 0 fully saturated rings. The number of benzene rings is 4. The minimum atomic E-state index is 0.863. The molecule has 0 unspecified atom stereocenters. The zero-order chi connectivity index (χ0) is 26.7. The second-order valence-corrected chi connectivity index (χ2v) is 10.9. The summed E-state index contributed by atoms with van der Waals surface area (Å²) in [7, 11) is 0. The van der Waals surface area contributed by atoms with Crippen LogP contribution in [0.4, 0.5) is 0 Å². The maximum Gasteiger partial charge on any atom is 0.165 e. The Morgan fingerprint density at radius 3 is 2.22 bits per heavy atom. The maximum absolute atomic E-state index is 5.05. The molecule has 5 heterocycles. The number of pyridine rings is 3. The first-order valence-corrected chi connectivity index (χ1v) is 13.9. The highest BCUT2D eigenvalue weighted by Gasteiger charge is 2.25. The minimum Gasteiger partial charge on any atom is -0.309 e. The van der Waals surface area contributed by atoms with E-state index in [-0.39, 0.29) is 0 Å². The molecule has 41 heavy (non-hydrogen) atoms. The number of imidazole rings is 1. The number of hydrogen-bond acceptors (Lipinski definition) is 3. The van der Waals surface area contributed by atoms with E-state index in [2.05, 4.69) is 98.9 Å². The third-order valence-electron chi connectivity index (χ3n) is 8.77. The van der Waals surface area contributed by atoms with Crippen LogP contribution in [-0.4, -0.2) is 23.9 Å². The quantitative estimate of drug-likeness (QED) is 0.204. The largest absolute Gasteiger partial charge is 0.309 e. The fourth-order valence-electron chi connectivity index (χ4n) is 7.04. The normalized spacial score (nSPS) is 12.8. The zero-order valence-electron chi connectivity index (χ0n) is 21.9. The zero-order valence-corrected chi connectivity index (χ0v) is 21.9. The number of rotatable bonds is 1. The molecule has 0 aliphatic heterocycles. The average molecular weight is 524 g/mol.